The van der Waals surface area contributed by atoms with Gasteiger partial charge in [0.25, 0.3) is 0 Å². The molecule has 0 unspecified atom stereocenters. The minimum atomic E-state index is -0.248. The summed E-state index contributed by atoms with van der Waals surface area (Å²) >= 11 is 2.59. The molecule has 0 aliphatic rings. The van der Waals surface area contributed by atoms with E-state index in [2.05, 4.69) is 27.7 Å². The predicted octanol–water partition coefficient (Wildman–Crippen LogP) is 5.58. The third kappa shape index (κ3) is 22.2. The van der Waals surface area contributed by atoms with Crippen LogP contribution in [-0.2, 0) is 19.1 Å². The van der Waals surface area contributed by atoms with Gasteiger partial charge in [-0.05, 0) is 24.7 Å². The molecule has 0 aromatic heterocycles. The minimum absolute atomic E-state index is 0.215. The van der Waals surface area contributed by atoms with Gasteiger partial charge in [0, 0.05) is 0 Å². The fraction of sp³-hybridized carbons (Fsp3) is 0.909. The summed E-state index contributed by atoms with van der Waals surface area (Å²) in [7, 11) is 0. The molecule has 0 aliphatic carbocycles. The zero-order chi connectivity index (χ0) is 22.6. The molecule has 0 atom stereocenters. The molecule has 0 fully saturated rings. The van der Waals surface area contributed by atoms with Gasteiger partial charge in [0.1, 0.15) is 0 Å². The highest BCUT2D eigenvalue weighted by molar-refractivity contribution is 8.00. The molecule has 0 saturated carbocycles. The van der Waals surface area contributed by atoms with Crippen molar-refractivity contribution in [3.05, 3.63) is 0 Å². The first kappa shape index (κ1) is 29.6. The van der Waals surface area contributed by atoms with Gasteiger partial charge in [-0.2, -0.15) is 5.06 Å². The maximum Gasteiger partial charge on any atom is 0.315 e. The van der Waals surface area contributed by atoms with Crippen molar-refractivity contribution in [1.29, 1.82) is 0 Å². The lowest BCUT2D eigenvalue weighted by atomic mass is 10.1. The van der Waals surface area contributed by atoms with E-state index in [1.54, 1.807) is 0 Å². The Kier molecular flexibility index (Phi) is 20.2. The highest BCUT2D eigenvalue weighted by atomic mass is 32.2. The van der Waals surface area contributed by atoms with Gasteiger partial charge < -0.3 is 14.7 Å². The van der Waals surface area contributed by atoms with Gasteiger partial charge in [0.05, 0.1) is 36.5 Å². The maximum atomic E-state index is 11.7. The van der Waals surface area contributed by atoms with Crippen molar-refractivity contribution in [2.45, 2.75) is 79.1 Å². The SMILES string of the molecule is CC(C)CCCCCOC(=O)CSCN(O)CSCC(=O)OCCCCCC(C)C. The molecule has 1 N–H and O–H groups in total. The molecule has 0 radical (unpaired) electrons. The summed E-state index contributed by atoms with van der Waals surface area (Å²) in [5.41, 5.74) is 0. The molecule has 0 aliphatic heterocycles. The number of hydroxylamine groups is 2. The molecule has 30 heavy (non-hydrogen) atoms. The summed E-state index contributed by atoms with van der Waals surface area (Å²) in [5, 5.41) is 10.9. The second-order valence-electron chi connectivity index (χ2n) is 8.39. The number of hydrogen-bond donors (Lipinski definition) is 1. The fourth-order valence-electron chi connectivity index (χ4n) is 2.62. The van der Waals surface area contributed by atoms with Crippen molar-refractivity contribution < 1.29 is 24.3 Å². The molecular formula is C22H43NO5S2. The van der Waals surface area contributed by atoms with Crippen LogP contribution in [0.5, 0.6) is 0 Å². The van der Waals surface area contributed by atoms with Crippen LogP contribution in [0.25, 0.3) is 0 Å². The van der Waals surface area contributed by atoms with Gasteiger partial charge in [0.2, 0.25) is 0 Å². The summed E-state index contributed by atoms with van der Waals surface area (Å²) in [5.74, 6) is 1.96. The fourth-order valence-corrected chi connectivity index (χ4v) is 4.03. The normalized spacial score (nSPS) is 11.5. The van der Waals surface area contributed by atoms with Crippen LogP contribution in [0.2, 0.25) is 0 Å². The smallest absolute Gasteiger partial charge is 0.315 e. The second kappa shape index (κ2) is 20.5. The van der Waals surface area contributed by atoms with E-state index in [0.29, 0.717) is 25.0 Å². The lowest BCUT2D eigenvalue weighted by molar-refractivity contribution is -0.141. The number of ether oxygens (including phenoxy) is 2. The maximum absolute atomic E-state index is 11.7. The molecule has 0 saturated heterocycles. The summed E-state index contributed by atoms with van der Waals surface area (Å²) in [6.07, 6.45) is 8.75. The monoisotopic (exact) mass is 465 g/mol. The number of unbranched alkanes of at least 4 members (excludes halogenated alkanes) is 4. The second-order valence-corrected chi connectivity index (χ2v) is 10.3. The van der Waals surface area contributed by atoms with Gasteiger partial charge >= 0.3 is 11.9 Å². The largest absolute Gasteiger partial charge is 0.465 e. The molecule has 0 bridgehead atoms. The van der Waals surface area contributed by atoms with E-state index in [1.165, 1.54) is 49.2 Å². The number of hydrogen-bond acceptors (Lipinski definition) is 8. The van der Waals surface area contributed by atoms with E-state index < -0.39 is 0 Å². The molecule has 6 nitrogen and oxygen atoms in total. The molecule has 0 aromatic rings. The topological polar surface area (TPSA) is 76.1 Å². The van der Waals surface area contributed by atoms with Crippen molar-refractivity contribution >= 4 is 35.5 Å². The molecule has 178 valence electrons. The summed E-state index contributed by atoms with van der Waals surface area (Å²) in [6.45, 7) is 9.78. The first-order valence-electron chi connectivity index (χ1n) is 11.2. The van der Waals surface area contributed by atoms with Crippen LogP contribution >= 0.6 is 23.5 Å². The molecule has 8 heteroatoms. The van der Waals surface area contributed by atoms with E-state index in [9.17, 15) is 14.8 Å². The van der Waals surface area contributed by atoms with Crippen LogP contribution in [0.15, 0.2) is 0 Å². The van der Waals surface area contributed by atoms with Gasteiger partial charge in [0.15, 0.2) is 0 Å². The standard InChI is InChI=1S/C22H43NO5S2/c1-19(2)11-7-5-9-13-27-21(24)15-29-17-23(26)18-30-16-22(25)28-14-10-6-8-12-20(3)4/h19-20,26H,5-18H2,1-4H3. The van der Waals surface area contributed by atoms with Crippen LogP contribution < -0.4 is 0 Å². The molecular weight excluding hydrogens is 422 g/mol. The quantitative estimate of drug-likeness (QED) is 0.108. The zero-order valence-corrected chi connectivity index (χ0v) is 21.0. The van der Waals surface area contributed by atoms with E-state index in [-0.39, 0.29) is 23.4 Å². The van der Waals surface area contributed by atoms with E-state index in [0.717, 1.165) is 42.6 Å². The average Bonchev–Trinajstić information content (AvgIpc) is 2.66. The highest BCUT2D eigenvalue weighted by Crippen LogP contribution is 2.11. The summed E-state index contributed by atoms with van der Waals surface area (Å²) in [4.78, 5) is 23.3. The van der Waals surface area contributed by atoms with Crippen LogP contribution in [0.4, 0.5) is 0 Å². The first-order chi connectivity index (χ1) is 14.3. The Hall–Kier alpha value is -0.440. The number of thioether (sulfide) groups is 2. The first-order valence-corrected chi connectivity index (χ1v) is 13.5. The summed E-state index contributed by atoms with van der Waals surface area (Å²) < 4.78 is 10.4. The van der Waals surface area contributed by atoms with Crippen molar-refractivity contribution in [2.24, 2.45) is 11.8 Å². The Morgan fingerprint density at radius 1 is 0.733 bits per heavy atom. The Morgan fingerprint density at radius 2 is 1.13 bits per heavy atom. The zero-order valence-electron chi connectivity index (χ0n) is 19.4. The third-order valence-electron chi connectivity index (χ3n) is 4.30. The molecule has 0 amide bonds. The number of esters is 2. The van der Waals surface area contributed by atoms with E-state index in [1.807, 2.05) is 0 Å². The van der Waals surface area contributed by atoms with Gasteiger partial charge in [-0.3, -0.25) is 9.59 Å². The molecule has 0 aromatic carbocycles. The minimum Gasteiger partial charge on any atom is -0.465 e. The Bertz CT molecular complexity index is 398. The third-order valence-corrected chi connectivity index (χ3v) is 6.14. The molecule has 0 heterocycles. The summed E-state index contributed by atoms with van der Waals surface area (Å²) in [6, 6.07) is 0. The number of rotatable bonds is 20. The van der Waals surface area contributed by atoms with Crippen molar-refractivity contribution in [3.8, 4) is 0 Å². The van der Waals surface area contributed by atoms with Gasteiger partial charge in [-0.25, -0.2) is 0 Å². The van der Waals surface area contributed by atoms with Crippen LogP contribution in [0.1, 0.15) is 79.1 Å². The van der Waals surface area contributed by atoms with E-state index >= 15 is 0 Å². The Morgan fingerprint density at radius 3 is 1.50 bits per heavy atom. The van der Waals surface area contributed by atoms with Crippen molar-refractivity contribution in [2.75, 3.05) is 36.5 Å². The van der Waals surface area contributed by atoms with Crippen molar-refractivity contribution in [1.82, 2.24) is 5.06 Å². The molecule has 0 rings (SSSR count). The highest BCUT2D eigenvalue weighted by Gasteiger charge is 2.08. The lowest BCUT2D eigenvalue weighted by Gasteiger charge is -2.13. The number of nitrogens with zero attached hydrogens (tertiary/aromatic N) is 1. The number of carbonyl (C=O) groups is 2. The number of carbonyl (C=O) groups excluding carboxylic acids is 2. The van der Waals surface area contributed by atoms with Crippen LogP contribution in [0, 0.1) is 11.8 Å². The van der Waals surface area contributed by atoms with Gasteiger partial charge in [-0.1, -0.05) is 66.2 Å². The van der Waals surface area contributed by atoms with E-state index in [4.69, 9.17) is 9.47 Å². The lowest BCUT2D eigenvalue weighted by Crippen LogP contribution is -2.21. The Labute approximate surface area is 192 Å². The van der Waals surface area contributed by atoms with Crippen LogP contribution in [-0.4, -0.2) is 58.7 Å². The molecule has 0 spiro atoms. The predicted molar refractivity (Wildman–Crippen MR) is 127 cm³/mol. The van der Waals surface area contributed by atoms with Crippen molar-refractivity contribution in [3.63, 3.8) is 0 Å². The van der Waals surface area contributed by atoms with Gasteiger partial charge in [-0.15, -0.1) is 23.5 Å². The average molecular weight is 466 g/mol. The Balaban J connectivity index is 3.48. The van der Waals surface area contributed by atoms with Crippen LogP contribution in [0.3, 0.4) is 0 Å².